The number of fused-ring (bicyclic) bond motifs is 1. The minimum Gasteiger partial charge on any atom is -0.390 e. The standard InChI is InChI=1S/C15H26O2/c1-9-5-6-15-11(9)7-10(13(15,2)3)8-12(16)14(15,4)17/h9-12,16-17H,5-8H2,1-4H3. The van der Waals surface area contributed by atoms with Crippen LogP contribution < -0.4 is 0 Å². The van der Waals surface area contributed by atoms with Crippen LogP contribution in [0.4, 0.5) is 0 Å². The van der Waals surface area contributed by atoms with E-state index >= 15 is 0 Å². The van der Waals surface area contributed by atoms with Crippen molar-refractivity contribution in [1.29, 1.82) is 0 Å². The van der Waals surface area contributed by atoms with Crippen LogP contribution in [0.3, 0.4) is 0 Å². The van der Waals surface area contributed by atoms with E-state index in [1.165, 1.54) is 12.8 Å². The lowest BCUT2D eigenvalue weighted by atomic mass is 9.49. The van der Waals surface area contributed by atoms with E-state index in [2.05, 4.69) is 20.8 Å². The van der Waals surface area contributed by atoms with Crippen molar-refractivity contribution >= 4 is 0 Å². The highest BCUT2D eigenvalue weighted by Gasteiger charge is 2.74. The molecule has 0 saturated heterocycles. The highest BCUT2D eigenvalue weighted by Crippen LogP contribution is 2.75. The van der Waals surface area contributed by atoms with E-state index in [9.17, 15) is 10.2 Å². The number of aliphatic hydroxyl groups is 2. The Bertz CT molecular complexity index is 347. The second-order valence-electron chi connectivity index (χ2n) is 7.65. The van der Waals surface area contributed by atoms with Crippen LogP contribution in [0.15, 0.2) is 0 Å². The predicted molar refractivity (Wildman–Crippen MR) is 67.5 cm³/mol. The summed E-state index contributed by atoms with van der Waals surface area (Å²) in [6.07, 6.45) is 3.76. The van der Waals surface area contributed by atoms with Gasteiger partial charge in [-0.2, -0.15) is 0 Å². The minimum absolute atomic E-state index is 0.0538. The summed E-state index contributed by atoms with van der Waals surface area (Å²) >= 11 is 0. The van der Waals surface area contributed by atoms with E-state index in [4.69, 9.17) is 0 Å². The minimum atomic E-state index is -0.904. The van der Waals surface area contributed by atoms with E-state index in [0.29, 0.717) is 17.8 Å². The second-order valence-corrected chi connectivity index (χ2v) is 7.65. The molecule has 0 heterocycles. The van der Waals surface area contributed by atoms with Crippen molar-refractivity contribution in [2.75, 3.05) is 0 Å². The topological polar surface area (TPSA) is 40.5 Å². The highest BCUT2D eigenvalue weighted by molar-refractivity contribution is 5.23. The molecule has 17 heavy (non-hydrogen) atoms. The number of hydrogen-bond acceptors (Lipinski definition) is 2. The summed E-state index contributed by atoms with van der Waals surface area (Å²) in [6.45, 7) is 8.89. The Morgan fingerprint density at radius 1 is 1.12 bits per heavy atom. The lowest BCUT2D eigenvalue weighted by molar-refractivity contribution is -0.224. The summed E-state index contributed by atoms with van der Waals surface area (Å²) in [4.78, 5) is 0. The molecule has 0 aromatic carbocycles. The molecule has 0 aromatic heterocycles. The average Bonchev–Trinajstić information content (AvgIpc) is 2.62. The zero-order valence-electron chi connectivity index (χ0n) is 11.5. The maximum atomic E-state index is 11.0. The van der Waals surface area contributed by atoms with Gasteiger partial charge in [0.05, 0.1) is 11.7 Å². The fourth-order valence-electron chi connectivity index (χ4n) is 5.99. The van der Waals surface area contributed by atoms with Crippen LogP contribution in [0.2, 0.25) is 0 Å². The first-order valence-electron chi connectivity index (χ1n) is 7.15. The van der Waals surface area contributed by atoms with Gasteiger partial charge in [0.15, 0.2) is 0 Å². The Balaban J connectivity index is 2.18. The van der Waals surface area contributed by atoms with Crippen LogP contribution in [0.5, 0.6) is 0 Å². The van der Waals surface area contributed by atoms with Crippen molar-refractivity contribution in [3.8, 4) is 0 Å². The second kappa shape index (κ2) is 3.08. The number of aliphatic hydroxyl groups excluding tert-OH is 1. The molecule has 1 spiro atoms. The molecule has 2 N–H and O–H groups in total. The van der Waals surface area contributed by atoms with E-state index in [1.807, 2.05) is 6.92 Å². The van der Waals surface area contributed by atoms with Crippen molar-refractivity contribution in [2.24, 2.45) is 28.6 Å². The Kier molecular flexibility index (Phi) is 2.17. The highest BCUT2D eigenvalue weighted by atomic mass is 16.3. The summed E-state index contributed by atoms with van der Waals surface area (Å²) < 4.78 is 0. The van der Waals surface area contributed by atoms with Gasteiger partial charge >= 0.3 is 0 Å². The monoisotopic (exact) mass is 238 g/mol. The molecule has 2 heteroatoms. The molecule has 0 amide bonds. The van der Waals surface area contributed by atoms with Crippen LogP contribution in [-0.2, 0) is 0 Å². The van der Waals surface area contributed by atoms with Crippen LogP contribution in [0.25, 0.3) is 0 Å². The Labute approximate surface area is 104 Å². The molecule has 6 unspecified atom stereocenters. The molecular weight excluding hydrogens is 212 g/mol. The van der Waals surface area contributed by atoms with Gasteiger partial charge in [-0.15, -0.1) is 0 Å². The molecule has 2 bridgehead atoms. The van der Waals surface area contributed by atoms with Gasteiger partial charge in [0.25, 0.3) is 0 Å². The molecule has 3 rings (SSSR count). The number of hydrogen-bond donors (Lipinski definition) is 2. The molecule has 2 nitrogen and oxygen atoms in total. The van der Waals surface area contributed by atoms with Crippen molar-refractivity contribution in [1.82, 2.24) is 0 Å². The van der Waals surface area contributed by atoms with Crippen molar-refractivity contribution in [3.63, 3.8) is 0 Å². The number of rotatable bonds is 0. The van der Waals surface area contributed by atoms with E-state index in [-0.39, 0.29) is 10.8 Å². The third-order valence-corrected chi connectivity index (χ3v) is 7.08. The first-order valence-corrected chi connectivity index (χ1v) is 7.15. The summed E-state index contributed by atoms with van der Waals surface area (Å²) in [5, 5.41) is 21.3. The normalized spacial score (nSPS) is 60.4. The zero-order valence-corrected chi connectivity index (χ0v) is 11.5. The SMILES string of the molecule is CC1CCC23C1CC(CC(O)C2(C)O)C3(C)C. The Morgan fingerprint density at radius 2 is 1.76 bits per heavy atom. The van der Waals surface area contributed by atoms with Crippen LogP contribution in [-0.4, -0.2) is 21.9 Å². The lowest BCUT2D eigenvalue weighted by Crippen LogP contribution is -2.64. The smallest absolute Gasteiger partial charge is 0.0941 e. The molecule has 3 aliphatic rings. The van der Waals surface area contributed by atoms with Crippen molar-refractivity contribution < 1.29 is 10.2 Å². The molecule has 0 aromatic rings. The van der Waals surface area contributed by atoms with Gasteiger partial charge in [-0.25, -0.2) is 0 Å². The largest absolute Gasteiger partial charge is 0.390 e. The maximum absolute atomic E-state index is 11.0. The van der Waals surface area contributed by atoms with Gasteiger partial charge in [-0.1, -0.05) is 20.8 Å². The van der Waals surface area contributed by atoms with Gasteiger partial charge in [0.2, 0.25) is 0 Å². The molecule has 3 saturated carbocycles. The van der Waals surface area contributed by atoms with E-state index in [0.717, 1.165) is 12.8 Å². The van der Waals surface area contributed by atoms with E-state index < -0.39 is 11.7 Å². The fraction of sp³-hybridized carbons (Fsp3) is 1.00. The summed E-state index contributed by atoms with van der Waals surface area (Å²) in [5.74, 6) is 1.90. The quantitative estimate of drug-likeness (QED) is 0.681. The molecule has 0 radical (unpaired) electrons. The van der Waals surface area contributed by atoms with Crippen LogP contribution in [0.1, 0.15) is 53.4 Å². The third kappa shape index (κ3) is 1.06. The van der Waals surface area contributed by atoms with Crippen molar-refractivity contribution in [2.45, 2.75) is 65.1 Å². The average molecular weight is 238 g/mol. The lowest BCUT2D eigenvalue weighted by Gasteiger charge is -2.58. The van der Waals surface area contributed by atoms with Gasteiger partial charge in [0.1, 0.15) is 0 Å². The van der Waals surface area contributed by atoms with Gasteiger partial charge in [-0.3, -0.25) is 0 Å². The molecule has 3 fully saturated rings. The van der Waals surface area contributed by atoms with E-state index in [1.54, 1.807) is 0 Å². The van der Waals surface area contributed by atoms with Crippen LogP contribution >= 0.6 is 0 Å². The zero-order chi connectivity index (χ0) is 12.6. The summed E-state index contributed by atoms with van der Waals surface area (Å²) in [5.41, 5.74) is -0.786. The fourth-order valence-corrected chi connectivity index (χ4v) is 5.99. The molecule has 0 aliphatic heterocycles. The van der Waals surface area contributed by atoms with Gasteiger partial charge < -0.3 is 10.2 Å². The van der Waals surface area contributed by atoms with Crippen LogP contribution in [0, 0.1) is 28.6 Å². The molecule has 98 valence electrons. The first-order chi connectivity index (χ1) is 7.75. The predicted octanol–water partition coefficient (Wildman–Crippen LogP) is 2.58. The van der Waals surface area contributed by atoms with Gasteiger partial charge in [0, 0.05) is 5.41 Å². The summed E-state index contributed by atoms with van der Waals surface area (Å²) in [6, 6.07) is 0. The Hall–Kier alpha value is -0.0800. The Morgan fingerprint density at radius 3 is 2.41 bits per heavy atom. The molecule has 6 atom stereocenters. The van der Waals surface area contributed by atoms with Crippen molar-refractivity contribution in [3.05, 3.63) is 0 Å². The third-order valence-electron chi connectivity index (χ3n) is 7.08. The summed E-state index contributed by atoms with van der Waals surface area (Å²) in [7, 11) is 0. The maximum Gasteiger partial charge on any atom is 0.0941 e. The van der Waals surface area contributed by atoms with Gasteiger partial charge in [-0.05, 0) is 55.8 Å². The molecule has 3 aliphatic carbocycles. The molecular formula is C15H26O2. The first kappa shape index (κ1) is 12.0.